The number of benzene rings is 2. The van der Waals surface area contributed by atoms with Crippen LogP contribution in [0, 0.1) is 27.7 Å². The monoisotopic (exact) mass is 343 g/mol. The summed E-state index contributed by atoms with van der Waals surface area (Å²) in [5.74, 6) is 0. The second-order valence-corrected chi connectivity index (χ2v) is 8.69. The third-order valence-electron chi connectivity index (χ3n) is 4.92. The minimum Gasteiger partial charge on any atom is -0.207 e. The summed E-state index contributed by atoms with van der Waals surface area (Å²) in [7, 11) is -3.50. The van der Waals surface area contributed by atoms with Gasteiger partial charge in [-0.2, -0.15) is 4.31 Å². The van der Waals surface area contributed by atoms with Gasteiger partial charge >= 0.3 is 0 Å². The van der Waals surface area contributed by atoms with Gasteiger partial charge in [0.1, 0.15) is 0 Å². The molecule has 1 atom stereocenters. The van der Waals surface area contributed by atoms with Crippen molar-refractivity contribution in [2.75, 3.05) is 6.54 Å². The molecule has 0 amide bonds. The highest BCUT2D eigenvalue weighted by Crippen LogP contribution is 2.39. The Morgan fingerprint density at radius 2 is 1.58 bits per heavy atom. The standard InChI is InChI=1S/C20H25NO2S/c1-14-12-16(3)20(17(4)13-14)24(22,23)21-11-7-10-19(21)18-9-6-5-8-15(18)2/h5-6,8-9,12-13,19H,7,10-11H2,1-4H3/t19-/m1/s1. The lowest BCUT2D eigenvalue weighted by molar-refractivity contribution is 0.395. The Hall–Kier alpha value is -1.65. The Balaban J connectivity index is 2.09. The Kier molecular flexibility index (Phi) is 4.54. The van der Waals surface area contributed by atoms with Gasteiger partial charge in [0.15, 0.2) is 0 Å². The van der Waals surface area contributed by atoms with Crippen LogP contribution in [-0.4, -0.2) is 19.3 Å². The molecule has 0 aliphatic carbocycles. The van der Waals surface area contributed by atoms with E-state index < -0.39 is 10.0 Å². The maximum absolute atomic E-state index is 13.4. The predicted octanol–water partition coefficient (Wildman–Crippen LogP) is 4.45. The zero-order chi connectivity index (χ0) is 17.5. The molecule has 3 rings (SSSR count). The van der Waals surface area contributed by atoms with E-state index in [0.29, 0.717) is 11.4 Å². The first-order chi connectivity index (χ1) is 11.3. The van der Waals surface area contributed by atoms with Crippen LogP contribution in [0.15, 0.2) is 41.3 Å². The first-order valence-electron chi connectivity index (χ1n) is 8.47. The zero-order valence-corrected chi connectivity index (χ0v) is 15.7. The summed E-state index contributed by atoms with van der Waals surface area (Å²) >= 11 is 0. The quantitative estimate of drug-likeness (QED) is 0.826. The fourth-order valence-electron chi connectivity index (χ4n) is 3.99. The first-order valence-corrected chi connectivity index (χ1v) is 9.91. The molecule has 0 N–H and O–H groups in total. The molecule has 3 nitrogen and oxygen atoms in total. The van der Waals surface area contributed by atoms with Crippen molar-refractivity contribution in [3.63, 3.8) is 0 Å². The van der Waals surface area contributed by atoms with E-state index >= 15 is 0 Å². The lowest BCUT2D eigenvalue weighted by Gasteiger charge is -2.27. The van der Waals surface area contributed by atoms with E-state index in [0.717, 1.165) is 40.7 Å². The van der Waals surface area contributed by atoms with Gasteiger partial charge < -0.3 is 0 Å². The van der Waals surface area contributed by atoms with E-state index in [-0.39, 0.29) is 6.04 Å². The van der Waals surface area contributed by atoms with Crippen molar-refractivity contribution in [2.45, 2.75) is 51.5 Å². The molecular weight excluding hydrogens is 318 g/mol. The summed E-state index contributed by atoms with van der Waals surface area (Å²) < 4.78 is 28.5. The molecule has 24 heavy (non-hydrogen) atoms. The molecule has 0 aromatic heterocycles. The number of nitrogens with zero attached hydrogens (tertiary/aromatic N) is 1. The molecule has 0 saturated carbocycles. The minimum absolute atomic E-state index is 0.0590. The molecule has 1 fully saturated rings. The van der Waals surface area contributed by atoms with Crippen molar-refractivity contribution in [3.05, 3.63) is 64.2 Å². The first kappa shape index (κ1) is 17.2. The van der Waals surface area contributed by atoms with E-state index in [1.54, 1.807) is 4.31 Å². The van der Waals surface area contributed by atoms with Crippen LogP contribution in [0.25, 0.3) is 0 Å². The summed E-state index contributed by atoms with van der Waals surface area (Å²) in [4.78, 5) is 0.480. The van der Waals surface area contributed by atoms with Gasteiger partial charge in [0.05, 0.1) is 10.9 Å². The maximum atomic E-state index is 13.4. The molecule has 0 bridgehead atoms. The normalized spacial score (nSPS) is 18.9. The van der Waals surface area contributed by atoms with Gasteiger partial charge in [-0.3, -0.25) is 0 Å². The summed E-state index contributed by atoms with van der Waals surface area (Å²) in [6.07, 6.45) is 1.79. The lowest BCUT2D eigenvalue weighted by Crippen LogP contribution is -2.32. The van der Waals surface area contributed by atoms with Gasteiger partial charge in [0.2, 0.25) is 10.0 Å². The van der Waals surface area contributed by atoms with Gasteiger partial charge in [-0.05, 0) is 62.8 Å². The third-order valence-corrected chi connectivity index (χ3v) is 7.14. The molecule has 2 aromatic carbocycles. The predicted molar refractivity (Wildman–Crippen MR) is 97.7 cm³/mol. The average molecular weight is 343 g/mol. The van der Waals surface area contributed by atoms with E-state index in [2.05, 4.69) is 19.1 Å². The highest BCUT2D eigenvalue weighted by atomic mass is 32.2. The van der Waals surface area contributed by atoms with Crippen LogP contribution in [0.2, 0.25) is 0 Å². The SMILES string of the molecule is Cc1cc(C)c(S(=O)(=O)N2CCC[C@@H]2c2ccccc2C)c(C)c1. The van der Waals surface area contributed by atoms with Crippen molar-refractivity contribution in [2.24, 2.45) is 0 Å². The molecule has 0 radical (unpaired) electrons. The van der Waals surface area contributed by atoms with Crippen molar-refractivity contribution in [1.82, 2.24) is 4.31 Å². The van der Waals surface area contributed by atoms with Gasteiger partial charge in [-0.25, -0.2) is 8.42 Å². The second kappa shape index (κ2) is 6.34. The Morgan fingerprint density at radius 3 is 2.21 bits per heavy atom. The van der Waals surface area contributed by atoms with Gasteiger partial charge in [0.25, 0.3) is 0 Å². The smallest absolute Gasteiger partial charge is 0.207 e. The molecule has 1 aliphatic rings. The topological polar surface area (TPSA) is 37.4 Å². The number of hydrogen-bond donors (Lipinski definition) is 0. The summed E-state index contributed by atoms with van der Waals surface area (Å²) in [6, 6.07) is 12.0. The van der Waals surface area contributed by atoms with Crippen LogP contribution in [0.5, 0.6) is 0 Å². The largest absolute Gasteiger partial charge is 0.244 e. The fraction of sp³-hybridized carbons (Fsp3) is 0.400. The van der Waals surface area contributed by atoms with E-state index in [1.165, 1.54) is 0 Å². The highest BCUT2D eigenvalue weighted by Gasteiger charge is 2.38. The van der Waals surface area contributed by atoms with Crippen LogP contribution in [-0.2, 0) is 10.0 Å². The molecule has 1 saturated heterocycles. The Bertz CT molecular complexity index is 848. The molecule has 0 unspecified atom stereocenters. The van der Waals surface area contributed by atoms with Crippen LogP contribution >= 0.6 is 0 Å². The molecule has 4 heteroatoms. The number of sulfonamides is 1. The van der Waals surface area contributed by atoms with Crippen molar-refractivity contribution in [1.29, 1.82) is 0 Å². The van der Waals surface area contributed by atoms with Crippen LogP contribution in [0.3, 0.4) is 0 Å². The molecule has 1 heterocycles. The molecule has 1 aliphatic heterocycles. The minimum atomic E-state index is -3.50. The van der Waals surface area contributed by atoms with Gasteiger partial charge in [0, 0.05) is 6.54 Å². The molecular formula is C20H25NO2S. The number of aryl methyl sites for hydroxylation is 4. The van der Waals surface area contributed by atoms with Crippen LogP contribution < -0.4 is 0 Å². The molecule has 0 spiro atoms. The van der Waals surface area contributed by atoms with Crippen molar-refractivity contribution >= 4 is 10.0 Å². The summed E-state index contributed by atoms with van der Waals surface area (Å²) in [6.45, 7) is 8.44. The fourth-order valence-corrected chi connectivity index (χ4v) is 6.08. The van der Waals surface area contributed by atoms with E-state index in [9.17, 15) is 8.42 Å². The number of hydrogen-bond acceptors (Lipinski definition) is 2. The zero-order valence-electron chi connectivity index (χ0n) is 14.8. The Labute approximate surface area is 145 Å². The van der Waals surface area contributed by atoms with Crippen LogP contribution in [0.4, 0.5) is 0 Å². The highest BCUT2D eigenvalue weighted by molar-refractivity contribution is 7.89. The lowest BCUT2D eigenvalue weighted by atomic mass is 10.0. The van der Waals surface area contributed by atoms with Gasteiger partial charge in [-0.15, -0.1) is 0 Å². The van der Waals surface area contributed by atoms with Gasteiger partial charge in [-0.1, -0.05) is 42.0 Å². The van der Waals surface area contributed by atoms with E-state index in [4.69, 9.17) is 0 Å². The maximum Gasteiger partial charge on any atom is 0.244 e. The second-order valence-electron chi connectivity index (χ2n) is 6.86. The molecule has 128 valence electrons. The van der Waals surface area contributed by atoms with E-state index in [1.807, 2.05) is 45.0 Å². The molecule has 2 aromatic rings. The number of rotatable bonds is 3. The summed E-state index contributed by atoms with van der Waals surface area (Å²) in [5.41, 5.74) is 5.05. The average Bonchev–Trinajstić information content (AvgIpc) is 2.96. The van der Waals surface area contributed by atoms with Crippen molar-refractivity contribution < 1.29 is 8.42 Å². The van der Waals surface area contributed by atoms with Crippen LogP contribution in [0.1, 0.15) is 46.7 Å². The van der Waals surface area contributed by atoms with Crippen molar-refractivity contribution in [3.8, 4) is 0 Å². The Morgan fingerprint density at radius 1 is 0.958 bits per heavy atom. The third kappa shape index (κ3) is 2.89. The summed E-state index contributed by atoms with van der Waals surface area (Å²) in [5, 5.41) is 0.